The monoisotopic (exact) mass is 339 g/mol. The number of piperidine rings is 1. The van der Waals surface area contributed by atoms with Crippen molar-refractivity contribution in [2.75, 3.05) is 32.7 Å². The topological polar surface area (TPSA) is 18.5 Å². The average Bonchev–Trinajstić information content (AvgIpc) is 2.94. The summed E-state index contributed by atoms with van der Waals surface area (Å²) in [6.07, 6.45) is 6.56. The average molecular weight is 340 g/mol. The zero-order valence-corrected chi connectivity index (χ0v) is 16.5. The summed E-state index contributed by atoms with van der Waals surface area (Å²) in [7, 11) is 0. The molecule has 134 valence electrons. The van der Waals surface area contributed by atoms with Crippen molar-refractivity contribution in [2.24, 2.45) is 17.8 Å². The van der Waals surface area contributed by atoms with Gasteiger partial charge in [-0.15, -0.1) is 0 Å². The van der Waals surface area contributed by atoms with Gasteiger partial charge in [0.05, 0.1) is 6.04 Å². The number of likely N-dealkylation sites (tertiary alicyclic amines) is 1. The Morgan fingerprint density at radius 1 is 1.13 bits per heavy atom. The Balaban J connectivity index is 1.80. The first-order chi connectivity index (χ1) is 11.1. The fraction of sp³-hybridized carbons (Fsp3) is 0.947. The lowest BCUT2D eigenvalue weighted by Gasteiger charge is -2.37. The third-order valence-corrected chi connectivity index (χ3v) is 6.64. The first kappa shape index (κ1) is 19.0. The molecule has 2 aliphatic heterocycles. The van der Waals surface area contributed by atoms with E-state index >= 15 is 0 Å². The van der Waals surface area contributed by atoms with Gasteiger partial charge in [-0.05, 0) is 55.9 Å². The normalized spacial score (nSPS) is 25.2. The summed E-state index contributed by atoms with van der Waals surface area (Å²) in [5.74, 6) is 2.42. The van der Waals surface area contributed by atoms with E-state index in [9.17, 15) is 0 Å². The molecule has 0 spiro atoms. The van der Waals surface area contributed by atoms with Crippen molar-refractivity contribution >= 4 is 17.3 Å². The molecular formula is C19H37N3S. The van der Waals surface area contributed by atoms with E-state index in [1.165, 1.54) is 58.3 Å². The highest BCUT2D eigenvalue weighted by Crippen LogP contribution is 2.25. The maximum absolute atomic E-state index is 5.57. The molecule has 2 heterocycles. The van der Waals surface area contributed by atoms with Crippen molar-refractivity contribution in [2.45, 2.75) is 65.8 Å². The van der Waals surface area contributed by atoms with Crippen molar-refractivity contribution in [1.29, 1.82) is 0 Å². The molecule has 0 unspecified atom stereocenters. The van der Waals surface area contributed by atoms with Gasteiger partial charge in [0.15, 0.2) is 5.11 Å². The molecule has 0 aliphatic carbocycles. The van der Waals surface area contributed by atoms with Gasteiger partial charge in [0.1, 0.15) is 0 Å². The van der Waals surface area contributed by atoms with E-state index in [0.717, 1.165) is 29.4 Å². The highest BCUT2D eigenvalue weighted by Gasteiger charge is 2.33. The van der Waals surface area contributed by atoms with Crippen LogP contribution < -0.4 is 5.32 Å². The number of hydrogen-bond donors (Lipinski definition) is 1. The number of nitrogens with zero attached hydrogens (tertiary/aromatic N) is 2. The SMILES string of the molecule is CCC(CC)CN1CCC(CN2C(=S)NC[C@@H]2[C@@H](C)CC)CC1. The largest absolute Gasteiger partial charge is 0.360 e. The highest BCUT2D eigenvalue weighted by molar-refractivity contribution is 7.80. The molecule has 23 heavy (non-hydrogen) atoms. The molecular weight excluding hydrogens is 302 g/mol. The van der Waals surface area contributed by atoms with Gasteiger partial charge in [0.2, 0.25) is 0 Å². The van der Waals surface area contributed by atoms with E-state index in [0.29, 0.717) is 6.04 Å². The van der Waals surface area contributed by atoms with E-state index in [2.05, 4.69) is 42.8 Å². The molecule has 2 fully saturated rings. The van der Waals surface area contributed by atoms with Crippen LogP contribution in [0.2, 0.25) is 0 Å². The zero-order valence-electron chi connectivity index (χ0n) is 15.7. The van der Waals surface area contributed by atoms with Gasteiger partial charge in [-0.25, -0.2) is 0 Å². The van der Waals surface area contributed by atoms with Crippen LogP contribution in [0.3, 0.4) is 0 Å². The van der Waals surface area contributed by atoms with Crippen molar-refractivity contribution in [3.63, 3.8) is 0 Å². The van der Waals surface area contributed by atoms with Crippen molar-refractivity contribution in [3.8, 4) is 0 Å². The summed E-state index contributed by atoms with van der Waals surface area (Å²) in [5.41, 5.74) is 0. The zero-order chi connectivity index (χ0) is 16.8. The van der Waals surface area contributed by atoms with Gasteiger partial charge in [0.25, 0.3) is 0 Å². The second kappa shape index (κ2) is 9.22. The molecule has 2 saturated heterocycles. The summed E-state index contributed by atoms with van der Waals surface area (Å²) in [4.78, 5) is 5.20. The lowest BCUT2D eigenvalue weighted by Crippen LogP contribution is -2.44. The van der Waals surface area contributed by atoms with Gasteiger partial charge < -0.3 is 15.1 Å². The number of rotatable bonds is 8. The maximum Gasteiger partial charge on any atom is 0.169 e. The Kier molecular flexibility index (Phi) is 7.61. The van der Waals surface area contributed by atoms with E-state index in [4.69, 9.17) is 12.2 Å². The molecule has 2 atom stereocenters. The Labute approximate surface area is 149 Å². The lowest BCUT2D eigenvalue weighted by molar-refractivity contribution is 0.134. The van der Waals surface area contributed by atoms with Crippen LogP contribution in [-0.2, 0) is 0 Å². The summed E-state index contributed by atoms with van der Waals surface area (Å²) in [5, 5.41) is 4.42. The fourth-order valence-electron chi connectivity index (χ4n) is 4.09. The molecule has 1 N–H and O–H groups in total. The quantitative estimate of drug-likeness (QED) is 0.679. The Morgan fingerprint density at radius 3 is 2.35 bits per heavy atom. The second-order valence-electron chi connectivity index (χ2n) is 7.72. The molecule has 0 saturated carbocycles. The number of hydrogen-bond acceptors (Lipinski definition) is 2. The van der Waals surface area contributed by atoms with Crippen LogP contribution in [0.15, 0.2) is 0 Å². The van der Waals surface area contributed by atoms with Crippen LogP contribution >= 0.6 is 12.2 Å². The Morgan fingerprint density at radius 2 is 1.78 bits per heavy atom. The summed E-state index contributed by atoms with van der Waals surface area (Å²) < 4.78 is 0. The summed E-state index contributed by atoms with van der Waals surface area (Å²) in [6, 6.07) is 0.607. The Hall–Kier alpha value is -0.350. The predicted octanol–water partition coefficient (Wildman–Crippen LogP) is 3.74. The van der Waals surface area contributed by atoms with Gasteiger partial charge in [-0.3, -0.25) is 0 Å². The molecule has 3 nitrogen and oxygen atoms in total. The van der Waals surface area contributed by atoms with Crippen molar-refractivity contribution < 1.29 is 0 Å². The smallest absolute Gasteiger partial charge is 0.169 e. The highest BCUT2D eigenvalue weighted by atomic mass is 32.1. The van der Waals surface area contributed by atoms with Crippen LogP contribution in [0.5, 0.6) is 0 Å². The summed E-state index contributed by atoms with van der Waals surface area (Å²) >= 11 is 5.57. The second-order valence-corrected chi connectivity index (χ2v) is 8.10. The molecule has 0 bridgehead atoms. The number of nitrogens with one attached hydrogen (secondary N) is 1. The van der Waals surface area contributed by atoms with Crippen LogP contribution in [-0.4, -0.2) is 53.7 Å². The van der Waals surface area contributed by atoms with Crippen molar-refractivity contribution in [3.05, 3.63) is 0 Å². The minimum Gasteiger partial charge on any atom is -0.360 e. The predicted molar refractivity (Wildman–Crippen MR) is 104 cm³/mol. The van der Waals surface area contributed by atoms with Gasteiger partial charge in [0, 0.05) is 19.6 Å². The molecule has 2 rings (SSSR count). The minimum absolute atomic E-state index is 0.607. The minimum atomic E-state index is 0.607. The van der Waals surface area contributed by atoms with Gasteiger partial charge in [-0.2, -0.15) is 0 Å². The van der Waals surface area contributed by atoms with E-state index < -0.39 is 0 Å². The Bertz CT molecular complexity index is 362. The van der Waals surface area contributed by atoms with Crippen LogP contribution in [0.25, 0.3) is 0 Å². The molecule has 0 aromatic rings. The molecule has 0 radical (unpaired) electrons. The van der Waals surface area contributed by atoms with Crippen LogP contribution in [0.1, 0.15) is 59.8 Å². The third kappa shape index (κ3) is 5.06. The van der Waals surface area contributed by atoms with Crippen molar-refractivity contribution in [1.82, 2.24) is 15.1 Å². The lowest BCUT2D eigenvalue weighted by atomic mass is 9.92. The van der Waals surface area contributed by atoms with E-state index in [1.807, 2.05) is 0 Å². The molecule has 0 aromatic carbocycles. The van der Waals surface area contributed by atoms with E-state index in [1.54, 1.807) is 0 Å². The number of thiocarbonyl (C=S) groups is 1. The third-order valence-electron chi connectivity index (χ3n) is 6.26. The maximum atomic E-state index is 5.57. The van der Waals surface area contributed by atoms with Gasteiger partial charge in [-0.1, -0.05) is 47.0 Å². The molecule has 4 heteroatoms. The first-order valence-electron chi connectivity index (χ1n) is 9.85. The molecule has 0 aromatic heterocycles. The first-order valence-corrected chi connectivity index (χ1v) is 10.3. The fourth-order valence-corrected chi connectivity index (χ4v) is 4.39. The molecule has 0 amide bonds. The van der Waals surface area contributed by atoms with E-state index in [-0.39, 0.29) is 0 Å². The molecule has 2 aliphatic rings. The van der Waals surface area contributed by atoms with Gasteiger partial charge >= 0.3 is 0 Å². The summed E-state index contributed by atoms with van der Waals surface area (Å²) in [6.45, 7) is 15.4. The van der Waals surface area contributed by atoms with Crippen LogP contribution in [0, 0.1) is 17.8 Å². The van der Waals surface area contributed by atoms with Crippen LogP contribution in [0.4, 0.5) is 0 Å². The standard InChI is InChI=1S/C19H37N3S/c1-5-15(4)18-12-20-19(23)22(18)14-17-8-10-21(11-9-17)13-16(6-2)7-3/h15-18H,5-14H2,1-4H3,(H,20,23)/t15-,18+/m0/s1.